The van der Waals surface area contributed by atoms with Gasteiger partial charge in [0.25, 0.3) is 0 Å². The van der Waals surface area contributed by atoms with E-state index in [0.29, 0.717) is 6.04 Å². The Labute approximate surface area is 111 Å². The molecule has 1 aliphatic heterocycles. The van der Waals surface area contributed by atoms with Gasteiger partial charge >= 0.3 is 0 Å². The van der Waals surface area contributed by atoms with Gasteiger partial charge in [-0.2, -0.15) is 0 Å². The molecule has 0 saturated carbocycles. The molecule has 0 aliphatic carbocycles. The van der Waals surface area contributed by atoms with Crippen LogP contribution < -0.4 is 5.32 Å². The first-order chi connectivity index (χ1) is 8.86. The number of benzene rings is 1. The molecule has 1 N–H and O–H groups in total. The van der Waals surface area contributed by atoms with Gasteiger partial charge in [0.2, 0.25) is 0 Å². The van der Waals surface area contributed by atoms with Gasteiger partial charge in [0.05, 0.1) is 0 Å². The molecule has 1 aromatic rings. The summed E-state index contributed by atoms with van der Waals surface area (Å²) < 4.78 is 0. The third-order valence-corrected chi connectivity index (χ3v) is 3.97. The Morgan fingerprint density at radius 2 is 2.11 bits per heavy atom. The smallest absolute Gasteiger partial charge is 0.0363 e. The molecule has 1 unspecified atom stereocenters. The Balaban J connectivity index is 2.20. The highest BCUT2D eigenvalue weighted by atomic mass is 15.2. The van der Waals surface area contributed by atoms with E-state index in [4.69, 9.17) is 0 Å². The minimum Gasteiger partial charge on any atom is -0.313 e. The summed E-state index contributed by atoms with van der Waals surface area (Å²) in [6, 6.07) is 9.54. The van der Waals surface area contributed by atoms with Crippen molar-refractivity contribution >= 4 is 0 Å². The molecule has 2 heteroatoms. The molecule has 0 saturated heterocycles. The van der Waals surface area contributed by atoms with Crippen LogP contribution in [0.2, 0.25) is 0 Å². The topological polar surface area (TPSA) is 15.3 Å². The molecule has 0 bridgehead atoms. The van der Waals surface area contributed by atoms with Gasteiger partial charge in [-0.1, -0.05) is 44.5 Å². The van der Waals surface area contributed by atoms with Crippen molar-refractivity contribution in [2.24, 2.45) is 0 Å². The summed E-state index contributed by atoms with van der Waals surface area (Å²) in [5.41, 5.74) is 3.02. The second-order valence-electron chi connectivity index (χ2n) is 5.16. The van der Waals surface area contributed by atoms with Crippen LogP contribution in [-0.2, 0) is 6.54 Å². The Morgan fingerprint density at radius 3 is 2.89 bits per heavy atom. The number of nitrogens with one attached hydrogen (secondary N) is 1. The van der Waals surface area contributed by atoms with E-state index in [2.05, 4.69) is 48.3 Å². The average Bonchev–Trinajstić information content (AvgIpc) is 2.63. The van der Waals surface area contributed by atoms with Crippen LogP contribution >= 0.6 is 0 Å². The summed E-state index contributed by atoms with van der Waals surface area (Å²) in [4.78, 5) is 2.65. The molecule has 1 aromatic carbocycles. The van der Waals surface area contributed by atoms with E-state index in [-0.39, 0.29) is 0 Å². The number of fused-ring (bicyclic) bond motifs is 1. The third-order valence-electron chi connectivity index (χ3n) is 3.97. The van der Waals surface area contributed by atoms with E-state index >= 15 is 0 Å². The fourth-order valence-electron chi connectivity index (χ4n) is 2.91. The van der Waals surface area contributed by atoms with E-state index in [1.54, 1.807) is 5.56 Å². The first-order valence-electron chi connectivity index (χ1n) is 7.39. The van der Waals surface area contributed by atoms with Crippen molar-refractivity contribution in [2.75, 3.05) is 19.6 Å². The van der Waals surface area contributed by atoms with Gasteiger partial charge in [-0.3, -0.25) is 4.90 Å². The lowest BCUT2D eigenvalue weighted by atomic mass is 9.97. The quantitative estimate of drug-likeness (QED) is 0.857. The van der Waals surface area contributed by atoms with Crippen LogP contribution in [-0.4, -0.2) is 24.5 Å². The number of hydrogen-bond donors (Lipinski definition) is 1. The molecule has 1 heterocycles. The molecule has 0 aromatic heterocycles. The average molecular weight is 246 g/mol. The highest BCUT2D eigenvalue weighted by Crippen LogP contribution is 2.29. The molecule has 0 amide bonds. The van der Waals surface area contributed by atoms with Crippen molar-refractivity contribution in [1.29, 1.82) is 0 Å². The van der Waals surface area contributed by atoms with E-state index < -0.39 is 0 Å². The SMILES string of the molecule is CCCCN(CC)C1CCNCc2ccccc21. The Morgan fingerprint density at radius 1 is 1.28 bits per heavy atom. The van der Waals surface area contributed by atoms with Gasteiger partial charge in [-0.05, 0) is 43.6 Å². The lowest BCUT2D eigenvalue weighted by molar-refractivity contribution is 0.196. The maximum Gasteiger partial charge on any atom is 0.0363 e. The Bertz CT molecular complexity index is 362. The zero-order valence-electron chi connectivity index (χ0n) is 11.8. The predicted molar refractivity (Wildman–Crippen MR) is 77.7 cm³/mol. The maximum absolute atomic E-state index is 3.54. The first-order valence-corrected chi connectivity index (χ1v) is 7.39. The molecule has 2 nitrogen and oxygen atoms in total. The highest BCUT2D eigenvalue weighted by Gasteiger charge is 2.22. The number of unbranched alkanes of at least 4 members (excludes halogenated alkanes) is 1. The molecule has 0 fully saturated rings. The van der Waals surface area contributed by atoms with Gasteiger partial charge in [-0.15, -0.1) is 0 Å². The molecular formula is C16H26N2. The third kappa shape index (κ3) is 3.12. The monoisotopic (exact) mass is 246 g/mol. The second-order valence-corrected chi connectivity index (χ2v) is 5.16. The predicted octanol–water partition coefficient (Wildman–Crippen LogP) is 3.34. The molecule has 1 atom stereocenters. The molecular weight excluding hydrogens is 220 g/mol. The molecule has 0 spiro atoms. The van der Waals surface area contributed by atoms with Crippen LogP contribution in [0, 0.1) is 0 Å². The van der Waals surface area contributed by atoms with Crippen LogP contribution in [0.4, 0.5) is 0 Å². The zero-order chi connectivity index (χ0) is 12.8. The van der Waals surface area contributed by atoms with Gasteiger partial charge in [0, 0.05) is 12.6 Å². The highest BCUT2D eigenvalue weighted by molar-refractivity contribution is 5.31. The molecule has 100 valence electrons. The van der Waals surface area contributed by atoms with Crippen molar-refractivity contribution < 1.29 is 0 Å². The Kier molecular flexibility index (Phi) is 5.21. The zero-order valence-corrected chi connectivity index (χ0v) is 11.8. The standard InChI is InChI=1S/C16H26N2/c1-3-5-12-18(4-2)16-10-11-17-13-14-8-6-7-9-15(14)16/h6-9,16-17H,3-5,10-13H2,1-2H3. The Hall–Kier alpha value is -0.860. The molecule has 0 radical (unpaired) electrons. The first kappa shape index (κ1) is 13.6. The normalized spacial score (nSPS) is 19.6. The van der Waals surface area contributed by atoms with Gasteiger partial charge in [0.15, 0.2) is 0 Å². The summed E-state index contributed by atoms with van der Waals surface area (Å²) in [6.07, 6.45) is 3.82. The summed E-state index contributed by atoms with van der Waals surface area (Å²) >= 11 is 0. The lowest BCUT2D eigenvalue weighted by Gasteiger charge is -2.31. The van der Waals surface area contributed by atoms with Crippen LogP contribution in [0.5, 0.6) is 0 Å². The van der Waals surface area contributed by atoms with Crippen molar-refractivity contribution in [3.63, 3.8) is 0 Å². The van der Waals surface area contributed by atoms with Gasteiger partial charge < -0.3 is 5.32 Å². The fraction of sp³-hybridized carbons (Fsp3) is 0.625. The molecule has 18 heavy (non-hydrogen) atoms. The number of rotatable bonds is 5. The van der Waals surface area contributed by atoms with E-state index in [9.17, 15) is 0 Å². The lowest BCUT2D eigenvalue weighted by Crippen LogP contribution is -2.30. The van der Waals surface area contributed by atoms with Crippen molar-refractivity contribution in [3.8, 4) is 0 Å². The fourth-order valence-corrected chi connectivity index (χ4v) is 2.91. The minimum atomic E-state index is 0.604. The van der Waals surface area contributed by atoms with E-state index in [1.165, 1.54) is 31.4 Å². The van der Waals surface area contributed by atoms with Crippen molar-refractivity contribution in [2.45, 2.75) is 45.7 Å². The van der Waals surface area contributed by atoms with Gasteiger partial charge in [0.1, 0.15) is 0 Å². The van der Waals surface area contributed by atoms with Crippen LogP contribution in [0.15, 0.2) is 24.3 Å². The number of hydrogen-bond acceptors (Lipinski definition) is 2. The van der Waals surface area contributed by atoms with Crippen molar-refractivity contribution in [3.05, 3.63) is 35.4 Å². The minimum absolute atomic E-state index is 0.604. The van der Waals surface area contributed by atoms with E-state index in [1.807, 2.05) is 0 Å². The summed E-state index contributed by atoms with van der Waals surface area (Å²) in [5, 5.41) is 3.54. The van der Waals surface area contributed by atoms with E-state index in [0.717, 1.165) is 19.6 Å². The summed E-state index contributed by atoms with van der Waals surface area (Å²) in [7, 11) is 0. The largest absolute Gasteiger partial charge is 0.313 e. The van der Waals surface area contributed by atoms with Crippen LogP contribution in [0.3, 0.4) is 0 Å². The summed E-state index contributed by atoms with van der Waals surface area (Å²) in [5.74, 6) is 0. The summed E-state index contributed by atoms with van der Waals surface area (Å²) in [6.45, 7) is 9.10. The van der Waals surface area contributed by atoms with Crippen molar-refractivity contribution in [1.82, 2.24) is 10.2 Å². The maximum atomic E-state index is 3.54. The van der Waals surface area contributed by atoms with Gasteiger partial charge in [-0.25, -0.2) is 0 Å². The number of nitrogens with zero attached hydrogens (tertiary/aromatic N) is 1. The van der Waals surface area contributed by atoms with Crippen LogP contribution in [0.1, 0.15) is 50.3 Å². The van der Waals surface area contributed by atoms with Crippen LogP contribution in [0.25, 0.3) is 0 Å². The second kappa shape index (κ2) is 6.91. The molecule has 1 aliphatic rings. The molecule has 2 rings (SSSR count).